The number of rotatable bonds is 5. The maximum atomic E-state index is 14.4. The zero-order chi connectivity index (χ0) is 22.9. The Kier molecular flexibility index (Phi) is 5.51. The van der Waals surface area contributed by atoms with Crippen LogP contribution in [0.5, 0.6) is 11.8 Å². The van der Waals surface area contributed by atoms with E-state index in [2.05, 4.69) is 25.6 Å². The number of carbonyl (C=O) groups is 1. The Morgan fingerprint density at radius 3 is 2.85 bits per heavy atom. The zero-order valence-corrected chi connectivity index (χ0v) is 18.3. The van der Waals surface area contributed by atoms with Crippen LogP contribution in [0.2, 0.25) is 0 Å². The van der Waals surface area contributed by atoms with Gasteiger partial charge in [-0.25, -0.2) is 14.4 Å². The first-order chi connectivity index (χ1) is 16.0. The maximum absolute atomic E-state index is 14.4. The van der Waals surface area contributed by atoms with Crippen LogP contribution in [0, 0.1) is 12.7 Å². The second-order valence-electron chi connectivity index (χ2n) is 7.94. The quantitative estimate of drug-likeness (QED) is 0.482. The summed E-state index contributed by atoms with van der Waals surface area (Å²) in [7, 11) is 1.46. The van der Waals surface area contributed by atoms with Gasteiger partial charge in [0, 0.05) is 24.7 Å². The Morgan fingerprint density at radius 2 is 2.06 bits per heavy atom. The number of anilines is 1. The van der Waals surface area contributed by atoms with Gasteiger partial charge in [-0.2, -0.15) is 4.98 Å². The van der Waals surface area contributed by atoms with E-state index >= 15 is 0 Å². The van der Waals surface area contributed by atoms with Crippen molar-refractivity contribution in [3.05, 3.63) is 53.9 Å². The molecule has 9 nitrogen and oxygen atoms in total. The summed E-state index contributed by atoms with van der Waals surface area (Å²) in [6, 6.07) is 4.78. The van der Waals surface area contributed by atoms with Gasteiger partial charge in [0.2, 0.25) is 0 Å². The first-order valence-electron chi connectivity index (χ1n) is 10.7. The standard InChI is InChI=1S/C23H23FN6O3/c1-13-11-30-12-14(9-18(24)21(30)27-13)28-22(31)16-3-4-19(33-15-5-7-25-8-6-15)17-10-26-23(32-2)29-20(16)17/h3-4,9-12,15,25H,5-8H2,1-2H3,(H,28,31). The molecule has 4 aromatic rings. The van der Waals surface area contributed by atoms with Crippen molar-refractivity contribution in [1.29, 1.82) is 0 Å². The van der Waals surface area contributed by atoms with Gasteiger partial charge in [-0.15, -0.1) is 0 Å². The van der Waals surface area contributed by atoms with Crippen LogP contribution < -0.4 is 20.1 Å². The fraction of sp³-hybridized carbons (Fsp3) is 0.304. The molecule has 0 bridgehead atoms. The largest absolute Gasteiger partial charge is 0.490 e. The lowest BCUT2D eigenvalue weighted by Crippen LogP contribution is -2.34. The van der Waals surface area contributed by atoms with Crippen molar-refractivity contribution >= 4 is 28.1 Å². The smallest absolute Gasteiger partial charge is 0.316 e. The van der Waals surface area contributed by atoms with E-state index in [1.807, 2.05) is 0 Å². The molecular formula is C23H23FN6O3. The molecule has 1 aliphatic heterocycles. The summed E-state index contributed by atoms with van der Waals surface area (Å²) in [6.07, 6.45) is 6.75. The van der Waals surface area contributed by atoms with E-state index in [0.29, 0.717) is 33.6 Å². The van der Waals surface area contributed by atoms with Crippen molar-refractivity contribution in [3.63, 3.8) is 0 Å². The van der Waals surface area contributed by atoms with Crippen LogP contribution in [0.25, 0.3) is 16.6 Å². The third-order valence-corrected chi connectivity index (χ3v) is 5.58. The number of ether oxygens (including phenoxy) is 2. The zero-order valence-electron chi connectivity index (χ0n) is 18.3. The second-order valence-corrected chi connectivity index (χ2v) is 7.94. The number of aryl methyl sites for hydroxylation is 1. The molecule has 1 saturated heterocycles. The number of hydrogen-bond donors (Lipinski definition) is 2. The van der Waals surface area contributed by atoms with Crippen molar-refractivity contribution in [2.45, 2.75) is 25.9 Å². The summed E-state index contributed by atoms with van der Waals surface area (Å²) in [4.78, 5) is 25.9. The molecule has 0 saturated carbocycles. The molecule has 0 spiro atoms. The van der Waals surface area contributed by atoms with Crippen LogP contribution in [0.4, 0.5) is 10.1 Å². The fourth-order valence-electron chi connectivity index (χ4n) is 4.00. The molecule has 1 aliphatic rings. The summed E-state index contributed by atoms with van der Waals surface area (Å²) < 4.78 is 27.4. The summed E-state index contributed by atoms with van der Waals surface area (Å²) in [5.41, 5.74) is 1.87. The molecule has 0 unspecified atom stereocenters. The molecule has 3 aromatic heterocycles. The summed E-state index contributed by atoms with van der Waals surface area (Å²) in [5, 5.41) is 6.67. The Balaban J connectivity index is 1.50. The molecule has 1 amide bonds. The van der Waals surface area contributed by atoms with Gasteiger partial charge in [0.05, 0.1) is 35.0 Å². The fourth-order valence-corrected chi connectivity index (χ4v) is 4.00. The van der Waals surface area contributed by atoms with Crippen molar-refractivity contribution in [3.8, 4) is 11.8 Å². The number of methoxy groups -OCH3 is 1. The lowest BCUT2D eigenvalue weighted by Gasteiger charge is -2.24. The van der Waals surface area contributed by atoms with Crippen LogP contribution in [-0.4, -0.2) is 51.6 Å². The van der Waals surface area contributed by atoms with Crippen LogP contribution in [0.3, 0.4) is 0 Å². The molecular weight excluding hydrogens is 427 g/mol. The van der Waals surface area contributed by atoms with Crippen molar-refractivity contribution in [2.75, 3.05) is 25.5 Å². The highest BCUT2D eigenvalue weighted by Gasteiger charge is 2.20. The topological polar surface area (TPSA) is 103 Å². The molecule has 1 aromatic carbocycles. The van der Waals surface area contributed by atoms with Gasteiger partial charge < -0.3 is 24.5 Å². The summed E-state index contributed by atoms with van der Waals surface area (Å²) in [6.45, 7) is 3.56. The lowest BCUT2D eigenvalue weighted by atomic mass is 10.1. The summed E-state index contributed by atoms with van der Waals surface area (Å²) in [5.74, 6) is -0.359. The third-order valence-electron chi connectivity index (χ3n) is 5.58. The van der Waals surface area contributed by atoms with Crippen LogP contribution >= 0.6 is 0 Å². The molecule has 33 heavy (non-hydrogen) atoms. The molecule has 4 heterocycles. The average molecular weight is 450 g/mol. The highest BCUT2D eigenvalue weighted by atomic mass is 19.1. The molecule has 0 radical (unpaired) electrons. The minimum absolute atomic E-state index is 0.0737. The number of halogens is 1. The highest BCUT2D eigenvalue weighted by Crippen LogP contribution is 2.30. The van der Waals surface area contributed by atoms with Gasteiger partial charge >= 0.3 is 6.01 Å². The number of pyridine rings is 1. The minimum Gasteiger partial charge on any atom is -0.490 e. The molecule has 170 valence electrons. The molecule has 0 aliphatic carbocycles. The molecule has 2 N–H and O–H groups in total. The van der Waals surface area contributed by atoms with Gasteiger partial charge in [0.15, 0.2) is 11.5 Å². The van der Waals surface area contributed by atoms with Crippen molar-refractivity contribution in [2.24, 2.45) is 0 Å². The number of imidazole rings is 1. The van der Waals surface area contributed by atoms with E-state index in [4.69, 9.17) is 9.47 Å². The predicted molar refractivity (Wildman–Crippen MR) is 120 cm³/mol. The monoisotopic (exact) mass is 450 g/mol. The first-order valence-corrected chi connectivity index (χ1v) is 10.7. The number of benzene rings is 1. The molecule has 10 heteroatoms. The van der Waals surface area contributed by atoms with Crippen LogP contribution in [0.15, 0.2) is 36.8 Å². The average Bonchev–Trinajstić information content (AvgIpc) is 3.20. The van der Waals surface area contributed by atoms with E-state index in [1.165, 1.54) is 13.2 Å². The summed E-state index contributed by atoms with van der Waals surface area (Å²) >= 11 is 0. The Bertz CT molecular complexity index is 1350. The number of fused-ring (bicyclic) bond motifs is 2. The van der Waals surface area contributed by atoms with E-state index in [0.717, 1.165) is 25.9 Å². The first kappa shape index (κ1) is 21.1. The van der Waals surface area contributed by atoms with E-state index in [9.17, 15) is 9.18 Å². The van der Waals surface area contributed by atoms with E-state index in [1.54, 1.807) is 42.0 Å². The Labute approximate surface area is 189 Å². The number of amides is 1. The predicted octanol–water partition coefficient (Wildman–Crippen LogP) is 3.12. The number of aromatic nitrogens is 4. The third kappa shape index (κ3) is 4.17. The normalized spacial score (nSPS) is 14.5. The minimum atomic E-state index is -0.527. The van der Waals surface area contributed by atoms with Crippen LogP contribution in [-0.2, 0) is 0 Å². The number of piperidine rings is 1. The Morgan fingerprint density at radius 1 is 1.24 bits per heavy atom. The molecule has 0 atom stereocenters. The van der Waals surface area contributed by atoms with Gasteiger partial charge in [-0.05, 0) is 45.0 Å². The van der Waals surface area contributed by atoms with Gasteiger partial charge in [-0.1, -0.05) is 0 Å². The lowest BCUT2D eigenvalue weighted by molar-refractivity contribution is 0.102. The van der Waals surface area contributed by atoms with E-state index in [-0.39, 0.29) is 17.8 Å². The van der Waals surface area contributed by atoms with Gasteiger partial charge in [0.25, 0.3) is 5.91 Å². The van der Waals surface area contributed by atoms with Crippen molar-refractivity contribution in [1.82, 2.24) is 24.7 Å². The van der Waals surface area contributed by atoms with Gasteiger partial charge in [0.1, 0.15) is 11.9 Å². The van der Waals surface area contributed by atoms with E-state index < -0.39 is 11.7 Å². The van der Waals surface area contributed by atoms with Crippen molar-refractivity contribution < 1.29 is 18.7 Å². The van der Waals surface area contributed by atoms with Gasteiger partial charge in [-0.3, -0.25) is 4.79 Å². The van der Waals surface area contributed by atoms with Crippen LogP contribution in [0.1, 0.15) is 28.9 Å². The second kappa shape index (κ2) is 8.62. The number of nitrogens with zero attached hydrogens (tertiary/aromatic N) is 4. The Hall–Kier alpha value is -3.79. The number of carbonyl (C=O) groups excluding carboxylic acids is 1. The SMILES string of the molecule is COc1ncc2c(OC3CCNCC3)ccc(C(=O)Nc3cc(F)c4nc(C)cn4c3)c2n1. The molecule has 5 rings (SSSR count). The number of hydrogen-bond acceptors (Lipinski definition) is 7. The highest BCUT2D eigenvalue weighted by molar-refractivity contribution is 6.12. The maximum Gasteiger partial charge on any atom is 0.316 e. The number of nitrogens with one attached hydrogen (secondary N) is 2. The molecule has 1 fully saturated rings.